The number of hydrogen-bond acceptors (Lipinski definition) is 5. The number of amides is 1. The first-order chi connectivity index (χ1) is 14.2. The first-order valence-corrected chi connectivity index (χ1v) is 10.2. The van der Waals surface area contributed by atoms with E-state index in [4.69, 9.17) is 21.9 Å². The molecule has 4 rings (SSSR count). The van der Waals surface area contributed by atoms with Crippen molar-refractivity contribution in [3.05, 3.63) is 78.9 Å². The second kappa shape index (κ2) is 8.81. The molecule has 0 radical (unpaired) electrons. The molecule has 7 heteroatoms. The van der Waals surface area contributed by atoms with E-state index in [-0.39, 0.29) is 17.6 Å². The molecule has 0 fully saturated rings. The van der Waals surface area contributed by atoms with Crippen LogP contribution in [-0.2, 0) is 4.79 Å². The Morgan fingerprint density at radius 1 is 0.966 bits per heavy atom. The molecule has 0 aliphatic rings. The van der Waals surface area contributed by atoms with E-state index in [0.717, 1.165) is 26.5 Å². The maximum Gasteiger partial charge on any atom is 0.264 e. The summed E-state index contributed by atoms with van der Waals surface area (Å²) in [4.78, 5) is 16.8. The number of nitrogens with one attached hydrogen (secondary N) is 2. The molecule has 144 valence electrons. The van der Waals surface area contributed by atoms with Crippen LogP contribution in [0.1, 0.15) is 0 Å². The molecule has 4 aromatic rings. The van der Waals surface area contributed by atoms with E-state index >= 15 is 0 Å². The Balaban J connectivity index is 1.43. The van der Waals surface area contributed by atoms with Crippen LogP contribution in [0.2, 0.25) is 0 Å². The summed E-state index contributed by atoms with van der Waals surface area (Å²) in [6.07, 6.45) is 0. The number of hydrogen-bond donors (Lipinski definition) is 2. The molecule has 5 nitrogen and oxygen atoms in total. The Bertz CT molecular complexity index is 1130. The molecule has 1 aromatic heterocycles. The first-order valence-electron chi connectivity index (χ1n) is 8.93. The molecule has 0 spiro atoms. The monoisotopic (exact) mass is 419 g/mol. The van der Waals surface area contributed by atoms with Gasteiger partial charge >= 0.3 is 0 Å². The average molecular weight is 420 g/mol. The Labute approximate surface area is 177 Å². The standard InChI is InChI=1S/C22H17N3O2S2/c26-20(14-27-15-8-2-1-3-9-15)25-22(28)24-17-11-5-4-10-16(17)21-23-18-12-6-7-13-19(18)29-21/h1-13H,14H2,(H2,24,25,26,28). The molecule has 0 saturated carbocycles. The zero-order chi connectivity index (χ0) is 20.1. The first kappa shape index (κ1) is 19.0. The smallest absolute Gasteiger partial charge is 0.264 e. The van der Waals surface area contributed by atoms with E-state index in [0.29, 0.717) is 5.75 Å². The van der Waals surface area contributed by atoms with Gasteiger partial charge in [-0.25, -0.2) is 4.98 Å². The van der Waals surface area contributed by atoms with Crippen molar-refractivity contribution in [2.45, 2.75) is 0 Å². The minimum absolute atomic E-state index is 0.120. The lowest BCUT2D eigenvalue weighted by molar-refractivity contribution is -0.121. The predicted octanol–water partition coefficient (Wildman–Crippen LogP) is 4.86. The minimum atomic E-state index is -0.330. The third-order valence-corrected chi connectivity index (χ3v) is 5.34. The highest BCUT2D eigenvalue weighted by Crippen LogP contribution is 2.34. The Morgan fingerprint density at radius 3 is 2.52 bits per heavy atom. The van der Waals surface area contributed by atoms with Gasteiger partial charge in [0.05, 0.1) is 15.9 Å². The zero-order valence-corrected chi connectivity index (χ0v) is 16.9. The minimum Gasteiger partial charge on any atom is -0.484 e. The Kier molecular flexibility index (Phi) is 5.79. The van der Waals surface area contributed by atoms with Crippen molar-refractivity contribution < 1.29 is 9.53 Å². The fraction of sp³-hybridized carbons (Fsp3) is 0.0455. The van der Waals surface area contributed by atoms with Crippen LogP contribution in [0.3, 0.4) is 0 Å². The molecule has 0 bridgehead atoms. The number of fused-ring (bicyclic) bond motifs is 1. The number of nitrogens with zero attached hydrogens (tertiary/aromatic N) is 1. The predicted molar refractivity (Wildman–Crippen MR) is 121 cm³/mol. The lowest BCUT2D eigenvalue weighted by atomic mass is 10.2. The quantitative estimate of drug-likeness (QED) is 0.453. The number of thiocarbonyl (C=S) groups is 1. The van der Waals surface area contributed by atoms with Gasteiger partial charge in [-0.15, -0.1) is 11.3 Å². The van der Waals surface area contributed by atoms with Crippen LogP contribution in [0.15, 0.2) is 78.9 Å². The van der Waals surface area contributed by atoms with E-state index in [1.54, 1.807) is 23.5 Å². The molecule has 29 heavy (non-hydrogen) atoms. The molecule has 1 amide bonds. The fourth-order valence-electron chi connectivity index (χ4n) is 2.75. The van der Waals surface area contributed by atoms with E-state index in [2.05, 4.69) is 10.6 Å². The van der Waals surface area contributed by atoms with E-state index in [1.165, 1.54) is 0 Å². The molecule has 0 saturated heterocycles. The highest BCUT2D eigenvalue weighted by Gasteiger charge is 2.12. The number of para-hydroxylation sites is 3. The summed E-state index contributed by atoms with van der Waals surface area (Å²) < 4.78 is 6.55. The van der Waals surface area contributed by atoms with Crippen LogP contribution in [0, 0.1) is 0 Å². The topological polar surface area (TPSA) is 63.2 Å². The summed E-state index contributed by atoms with van der Waals surface area (Å²) in [5.41, 5.74) is 2.66. The van der Waals surface area contributed by atoms with Gasteiger partial charge in [0.25, 0.3) is 5.91 Å². The van der Waals surface area contributed by atoms with Crippen LogP contribution in [0.4, 0.5) is 5.69 Å². The van der Waals surface area contributed by atoms with Gasteiger partial charge in [-0.2, -0.15) is 0 Å². The number of aromatic nitrogens is 1. The lowest BCUT2D eigenvalue weighted by Gasteiger charge is -2.12. The summed E-state index contributed by atoms with van der Waals surface area (Å²) in [6.45, 7) is -0.120. The summed E-state index contributed by atoms with van der Waals surface area (Å²) in [7, 11) is 0. The van der Waals surface area contributed by atoms with Crippen LogP contribution in [-0.4, -0.2) is 22.6 Å². The maximum absolute atomic E-state index is 12.1. The normalized spacial score (nSPS) is 10.5. The van der Waals surface area contributed by atoms with Gasteiger partial charge in [-0.3, -0.25) is 10.1 Å². The maximum atomic E-state index is 12.1. The van der Waals surface area contributed by atoms with Crippen molar-refractivity contribution in [2.75, 3.05) is 11.9 Å². The Morgan fingerprint density at radius 2 is 1.69 bits per heavy atom. The van der Waals surface area contributed by atoms with E-state index < -0.39 is 0 Å². The van der Waals surface area contributed by atoms with Crippen LogP contribution < -0.4 is 15.4 Å². The molecular weight excluding hydrogens is 402 g/mol. The lowest BCUT2D eigenvalue weighted by Crippen LogP contribution is -2.37. The molecule has 0 unspecified atom stereocenters. The number of anilines is 1. The molecule has 1 heterocycles. The van der Waals surface area contributed by atoms with Crippen LogP contribution >= 0.6 is 23.6 Å². The third kappa shape index (κ3) is 4.77. The number of rotatable bonds is 5. The van der Waals surface area contributed by atoms with Gasteiger partial charge in [0, 0.05) is 5.56 Å². The van der Waals surface area contributed by atoms with Crippen molar-refractivity contribution in [3.8, 4) is 16.3 Å². The SMILES string of the molecule is O=C(COc1ccccc1)NC(=S)Nc1ccccc1-c1nc2ccccc2s1. The van der Waals surface area contributed by atoms with Crippen molar-refractivity contribution in [1.82, 2.24) is 10.3 Å². The van der Waals surface area contributed by atoms with Gasteiger partial charge in [-0.05, 0) is 48.6 Å². The summed E-state index contributed by atoms with van der Waals surface area (Å²) in [5.74, 6) is 0.298. The van der Waals surface area contributed by atoms with E-state index in [1.807, 2.05) is 66.7 Å². The summed E-state index contributed by atoms with van der Waals surface area (Å²) >= 11 is 6.91. The van der Waals surface area contributed by atoms with Crippen molar-refractivity contribution in [3.63, 3.8) is 0 Å². The molecule has 2 N–H and O–H groups in total. The number of carbonyl (C=O) groups excluding carboxylic acids is 1. The largest absolute Gasteiger partial charge is 0.484 e. The van der Waals surface area contributed by atoms with Crippen molar-refractivity contribution >= 4 is 50.5 Å². The van der Waals surface area contributed by atoms with Crippen molar-refractivity contribution in [2.24, 2.45) is 0 Å². The average Bonchev–Trinajstić information content (AvgIpc) is 3.17. The molecule has 0 aliphatic carbocycles. The molecule has 0 aliphatic heterocycles. The summed E-state index contributed by atoms with van der Waals surface area (Å²) in [6, 6.07) is 24.9. The van der Waals surface area contributed by atoms with Crippen LogP contribution in [0.5, 0.6) is 5.75 Å². The van der Waals surface area contributed by atoms with Gasteiger partial charge in [0.1, 0.15) is 10.8 Å². The number of carbonyl (C=O) groups is 1. The van der Waals surface area contributed by atoms with Gasteiger partial charge < -0.3 is 10.1 Å². The number of ether oxygens (including phenoxy) is 1. The summed E-state index contributed by atoms with van der Waals surface area (Å²) in [5, 5.41) is 6.83. The van der Waals surface area contributed by atoms with Crippen LogP contribution in [0.25, 0.3) is 20.8 Å². The number of thiazole rings is 1. The highest BCUT2D eigenvalue weighted by molar-refractivity contribution is 7.80. The Hall–Kier alpha value is -3.29. The second-order valence-electron chi connectivity index (χ2n) is 6.14. The highest BCUT2D eigenvalue weighted by atomic mass is 32.1. The van der Waals surface area contributed by atoms with Gasteiger partial charge in [0.15, 0.2) is 11.7 Å². The fourth-order valence-corrected chi connectivity index (χ4v) is 3.98. The second-order valence-corrected chi connectivity index (χ2v) is 7.58. The molecule has 0 atom stereocenters. The van der Waals surface area contributed by atoms with Gasteiger partial charge in [-0.1, -0.05) is 42.5 Å². The van der Waals surface area contributed by atoms with E-state index in [9.17, 15) is 4.79 Å². The zero-order valence-electron chi connectivity index (χ0n) is 15.3. The third-order valence-electron chi connectivity index (χ3n) is 4.07. The molecule has 3 aromatic carbocycles. The molecular formula is C22H17N3O2S2. The van der Waals surface area contributed by atoms with Crippen molar-refractivity contribution in [1.29, 1.82) is 0 Å². The number of benzene rings is 3. The van der Waals surface area contributed by atoms with Gasteiger partial charge in [0.2, 0.25) is 0 Å².